The molecule has 1 aromatic carbocycles. The van der Waals surface area contributed by atoms with Crippen LogP contribution in [0.1, 0.15) is 62.5 Å². The minimum absolute atomic E-state index is 0.0721. The van der Waals surface area contributed by atoms with Crippen LogP contribution in [0.4, 0.5) is 23.7 Å². The summed E-state index contributed by atoms with van der Waals surface area (Å²) in [5.41, 5.74) is -0.206. The van der Waals surface area contributed by atoms with Gasteiger partial charge in [-0.1, -0.05) is 0 Å². The second-order valence-electron chi connectivity index (χ2n) is 10.9. The number of pyridine rings is 1. The highest BCUT2D eigenvalue weighted by atomic mass is 19.4. The van der Waals surface area contributed by atoms with Gasteiger partial charge in [-0.2, -0.15) is 13.2 Å². The van der Waals surface area contributed by atoms with Crippen LogP contribution in [0.5, 0.6) is 5.75 Å². The first-order chi connectivity index (χ1) is 18.4. The number of ether oxygens (including phenoxy) is 2. The number of nitrogens with zero attached hydrogens (tertiary/aromatic N) is 3. The van der Waals surface area contributed by atoms with Crippen molar-refractivity contribution in [2.75, 3.05) is 31.1 Å². The summed E-state index contributed by atoms with van der Waals surface area (Å²) in [6.45, 7) is 7.79. The molecule has 0 saturated carbocycles. The lowest BCUT2D eigenvalue weighted by Crippen LogP contribution is -2.47. The highest BCUT2D eigenvalue weighted by molar-refractivity contribution is 5.92. The van der Waals surface area contributed by atoms with Crippen molar-refractivity contribution in [3.05, 3.63) is 53.9 Å². The zero-order valence-electron chi connectivity index (χ0n) is 22.5. The predicted octanol–water partition coefficient (Wildman–Crippen LogP) is 5.28. The maximum Gasteiger partial charge on any atom is 0.416 e. The van der Waals surface area contributed by atoms with Gasteiger partial charge < -0.3 is 24.6 Å². The van der Waals surface area contributed by atoms with Gasteiger partial charge in [0.25, 0.3) is 5.91 Å². The van der Waals surface area contributed by atoms with Gasteiger partial charge in [0.1, 0.15) is 23.1 Å². The summed E-state index contributed by atoms with van der Waals surface area (Å²) < 4.78 is 50.0. The van der Waals surface area contributed by atoms with Gasteiger partial charge in [-0.15, -0.1) is 0 Å². The van der Waals surface area contributed by atoms with E-state index >= 15 is 0 Å². The molecule has 2 aliphatic rings. The van der Waals surface area contributed by atoms with E-state index < -0.39 is 17.3 Å². The molecule has 2 aliphatic heterocycles. The zero-order chi connectivity index (χ0) is 28.2. The minimum Gasteiger partial charge on any atom is -0.490 e. The Hall–Kier alpha value is -3.50. The SMILES string of the molecule is CC(C)(C)OC(=O)N1CCC(NC(=O)c2cc(OC3CCN(c4ccc(C(F)(F)F)cc4)CC3)ccn2)CC1. The van der Waals surface area contributed by atoms with Gasteiger partial charge in [0.15, 0.2) is 0 Å². The van der Waals surface area contributed by atoms with Crippen LogP contribution in [0.15, 0.2) is 42.6 Å². The van der Waals surface area contributed by atoms with Gasteiger partial charge in [-0.3, -0.25) is 9.78 Å². The van der Waals surface area contributed by atoms with Gasteiger partial charge in [0.2, 0.25) is 0 Å². The van der Waals surface area contributed by atoms with Crippen LogP contribution in [0.2, 0.25) is 0 Å². The number of halogens is 3. The predicted molar refractivity (Wildman–Crippen MR) is 140 cm³/mol. The second-order valence-corrected chi connectivity index (χ2v) is 10.9. The largest absolute Gasteiger partial charge is 0.490 e. The fourth-order valence-electron chi connectivity index (χ4n) is 4.69. The van der Waals surface area contributed by atoms with Crippen molar-refractivity contribution in [1.82, 2.24) is 15.2 Å². The number of carbonyl (C=O) groups excluding carboxylic acids is 2. The van der Waals surface area contributed by atoms with Gasteiger partial charge in [0, 0.05) is 63.0 Å². The lowest BCUT2D eigenvalue weighted by molar-refractivity contribution is -0.137. The van der Waals surface area contributed by atoms with Crippen LogP contribution in [0.3, 0.4) is 0 Å². The molecule has 212 valence electrons. The maximum atomic E-state index is 12.8. The van der Waals surface area contributed by atoms with Crippen molar-refractivity contribution < 1.29 is 32.2 Å². The third-order valence-corrected chi connectivity index (χ3v) is 6.75. The molecule has 1 aromatic heterocycles. The molecule has 4 rings (SSSR count). The van der Waals surface area contributed by atoms with Crippen LogP contribution in [0, 0.1) is 0 Å². The average Bonchev–Trinajstić information content (AvgIpc) is 2.88. The molecule has 0 radical (unpaired) electrons. The fourth-order valence-corrected chi connectivity index (χ4v) is 4.69. The van der Waals surface area contributed by atoms with E-state index in [2.05, 4.69) is 10.3 Å². The number of rotatable bonds is 5. The van der Waals surface area contributed by atoms with E-state index in [1.807, 2.05) is 25.7 Å². The summed E-state index contributed by atoms with van der Waals surface area (Å²) >= 11 is 0. The van der Waals surface area contributed by atoms with Crippen LogP contribution in [-0.4, -0.2) is 65.8 Å². The third kappa shape index (κ3) is 8.00. The summed E-state index contributed by atoms with van der Waals surface area (Å²) in [4.78, 5) is 33.0. The number of piperidine rings is 2. The summed E-state index contributed by atoms with van der Waals surface area (Å²) in [6, 6.07) is 8.46. The van der Waals surface area contributed by atoms with Gasteiger partial charge >= 0.3 is 12.3 Å². The van der Waals surface area contributed by atoms with E-state index in [9.17, 15) is 22.8 Å². The Morgan fingerprint density at radius 2 is 1.59 bits per heavy atom. The van der Waals surface area contributed by atoms with E-state index in [4.69, 9.17) is 9.47 Å². The molecular formula is C28H35F3N4O4. The summed E-state index contributed by atoms with van der Waals surface area (Å²) in [5.74, 6) is 0.246. The summed E-state index contributed by atoms with van der Waals surface area (Å²) in [7, 11) is 0. The number of benzene rings is 1. The molecule has 2 saturated heterocycles. The topological polar surface area (TPSA) is 84.0 Å². The van der Waals surface area contributed by atoms with E-state index in [1.165, 1.54) is 18.3 Å². The Labute approximate surface area is 226 Å². The quantitative estimate of drug-likeness (QED) is 0.548. The first-order valence-corrected chi connectivity index (χ1v) is 13.2. The molecular weight excluding hydrogens is 513 g/mol. The first-order valence-electron chi connectivity index (χ1n) is 13.2. The third-order valence-electron chi connectivity index (χ3n) is 6.75. The molecule has 2 aromatic rings. The van der Waals surface area contributed by atoms with Crippen molar-refractivity contribution in [3.8, 4) is 5.75 Å². The molecule has 8 nitrogen and oxygen atoms in total. The second kappa shape index (κ2) is 11.7. The van der Waals surface area contributed by atoms with Crippen LogP contribution in [-0.2, 0) is 10.9 Å². The molecule has 0 atom stereocenters. The van der Waals surface area contributed by atoms with E-state index in [-0.39, 0.29) is 29.8 Å². The highest BCUT2D eigenvalue weighted by Gasteiger charge is 2.31. The van der Waals surface area contributed by atoms with Gasteiger partial charge in [0.05, 0.1) is 5.56 Å². The Balaban J connectivity index is 1.24. The maximum absolute atomic E-state index is 12.8. The van der Waals surface area contributed by atoms with Crippen molar-refractivity contribution in [3.63, 3.8) is 0 Å². The first kappa shape index (κ1) is 28.5. The number of anilines is 1. The lowest BCUT2D eigenvalue weighted by atomic mass is 10.1. The van der Waals surface area contributed by atoms with Crippen LogP contribution < -0.4 is 15.0 Å². The number of nitrogens with one attached hydrogen (secondary N) is 1. The molecule has 39 heavy (non-hydrogen) atoms. The molecule has 0 bridgehead atoms. The van der Waals surface area contributed by atoms with Crippen molar-refractivity contribution in [2.45, 2.75) is 70.4 Å². The van der Waals surface area contributed by atoms with E-state index in [1.54, 1.807) is 17.0 Å². The Morgan fingerprint density at radius 1 is 0.949 bits per heavy atom. The number of hydrogen-bond donors (Lipinski definition) is 1. The smallest absolute Gasteiger partial charge is 0.416 e. The molecule has 2 amide bonds. The molecule has 0 spiro atoms. The summed E-state index contributed by atoms with van der Waals surface area (Å²) in [6.07, 6.45) is -0.596. The van der Waals surface area contributed by atoms with Crippen molar-refractivity contribution in [2.24, 2.45) is 0 Å². The van der Waals surface area contributed by atoms with Crippen molar-refractivity contribution >= 4 is 17.7 Å². The fraction of sp³-hybridized carbons (Fsp3) is 0.536. The normalized spacial score (nSPS) is 17.6. The van der Waals surface area contributed by atoms with Gasteiger partial charge in [-0.05, 0) is 63.9 Å². The highest BCUT2D eigenvalue weighted by Crippen LogP contribution is 2.31. The molecule has 1 N–H and O–H groups in total. The van der Waals surface area contributed by atoms with Crippen molar-refractivity contribution in [1.29, 1.82) is 0 Å². The van der Waals surface area contributed by atoms with Crippen LogP contribution in [0.25, 0.3) is 0 Å². The van der Waals surface area contributed by atoms with E-state index in [0.717, 1.165) is 17.8 Å². The number of hydrogen-bond acceptors (Lipinski definition) is 6. The Kier molecular flexibility index (Phi) is 8.56. The molecule has 3 heterocycles. The molecule has 2 fully saturated rings. The molecule has 0 unspecified atom stereocenters. The summed E-state index contributed by atoms with van der Waals surface area (Å²) in [5, 5.41) is 3.00. The van der Waals surface area contributed by atoms with Crippen LogP contribution >= 0.6 is 0 Å². The molecule has 11 heteroatoms. The number of aromatic nitrogens is 1. The minimum atomic E-state index is -4.35. The Bertz CT molecular complexity index is 1130. The average molecular weight is 549 g/mol. The lowest BCUT2D eigenvalue weighted by Gasteiger charge is -2.34. The Morgan fingerprint density at radius 3 is 2.18 bits per heavy atom. The zero-order valence-corrected chi connectivity index (χ0v) is 22.5. The number of carbonyl (C=O) groups is 2. The number of likely N-dealkylation sites (tertiary alicyclic amines) is 1. The number of amides is 2. The monoisotopic (exact) mass is 548 g/mol. The van der Waals surface area contributed by atoms with Gasteiger partial charge in [-0.25, -0.2) is 4.79 Å². The standard InChI is InChI=1S/C28H35F3N4O4/c1-27(2,3)39-26(37)35-14-9-20(10-15-35)33-25(36)24-18-23(8-13-32-24)38-22-11-16-34(17-12-22)21-6-4-19(5-7-21)28(29,30)31/h4-8,13,18,20,22H,9-12,14-17H2,1-3H3,(H,33,36). The molecule has 0 aliphatic carbocycles. The van der Waals surface area contributed by atoms with E-state index in [0.29, 0.717) is 57.6 Å². The number of alkyl halides is 3.